The van der Waals surface area contributed by atoms with Gasteiger partial charge in [-0.15, -0.1) is 10.2 Å². The number of nitrogens with zero attached hydrogens (tertiary/aromatic N) is 2. The fraction of sp³-hybridized carbons (Fsp3) is 0.615. The van der Waals surface area contributed by atoms with E-state index in [9.17, 15) is 4.79 Å². The van der Waals surface area contributed by atoms with Crippen molar-refractivity contribution in [2.45, 2.75) is 45.1 Å². The van der Waals surface area contributed by atoms with Crippen LogP contribution in [-0.2, 0) is 0 Å². The largest absolute Gasteiger partial charge is 0.369 e. The molecule has 0 atom stereocenters. The van der Waals surface area contributed by atoms with E-state index in [0.717, 1.165) is 19.4 Å². The second-order valence-corrected chi connectivity index (χ2v) is 4.64. The maximum absolute atomic E-state index is 11.9. The smallest absolute Gasteiger partial charge is 0.272 e. The molecule has 1 aliphatic rings. The Morgan fingerprint density at radius 1 is 1.28 bits per heavy atom. The standard InChI is InChI=1S/C13H20N4O/c1-2-14-12-9-8-11(16-17-12)13(18)15-10-6-4-3-5-7-10/h8-10H,2-7H2,1H3,(H,14,17)(H,15,18). The van der Waals surface area contributed by atoms with Crippen LogP contribution in [0.25, 0.3) is 0 Å². The Morgan fingerprint density at radius 2 is 2.06 bits per heavy atom. The molecule has 18 heavy (non-hydrogen) atoms. The summed E-state index contributed by atoms with van der Waals surface area (Å²) in [5.41, 5.74) is 0.391. The van der Waals surface area contributed by atoms with Crippen molar-refractivity contribution in [2.75, 3.05) is 11.9 Å². The Morgan fingerprint density at radius 3 is 2.67 bits per heavy atom. The summed E-state index contributed by atoms with van der Waals surface area (Å²) in [6.07, 6.45) is 5.85. The molecule has 0 unspecified atom stereocenters. The van der Waals surface area contributed by atoms with Crippen molar-refractivity contribution in [3.8, 4) is 0 Å². The zero-order chi connectivity index (χ0) is 12.8. The first-order chi connectivity index (χ1) is 8.79. The molecule has 1 aliphatic carbocycles. The summed E-state index contributed by atoms with van der Waals surface area (Å²) < 4.78 is 0. The maximum Gasteiger partial charge on any atom is 0.272 e. The minimum atomic E-state index is -0.113. The van der Waals surface area contributed by atoms with Crippen LogP contribution >= 0.6 is 0 Å². The maximum atomic E-state index is 11.9. The SMILES string of the molecule is CCNc1ccc(C(=O)NC2CCCCC2)nn1. The number of rotatable bonds is 4. The van der Waals surface area contributed by atoms with E-state index in [2.05, 4.69) is 20.8 Å². The normalized spacial score (nSPS) is 16.3. The van der Waals surface area contributed by atoms with Crippen molar-refractivity contribution in [3.63, 3.8) is 0 Å². The monoisotopic (exact) mass is 248 g/mol. The van der Waals surface area contributed by atoms with Gasteiger partial charge in [0.25, 0.3) is 5.91 Å². The summed E-state index contributed by atoms with van der Waals surface area (Å²) in [5.74, 6) is 0.587. The average molecular weight is 248 g/mol. The molecule has 1 saturated carbocycles. The Balaban J connectivity index is 1.91. The summed E-state index contributed by atoms with van der Waals surface area (Å²) in [6, 6.07) is 3.80. The molecule has 0 saturated heterocycles. The van der Waals surface area contributed by atoms with E-state index in [0.29, 0.717) is 17.6 Å². The number of aromatic nitrogens is 2. The van der Waals surface area contributed by atoms with Gasteiger partial charge in [-0.05, 0) is 31.9 Å². The van der Waals surface area contributed by atoms with Gasteiger partial charge in [-0.25, -0.2) is 0 Å². The van der Waals surface area contributed by atoms with Crippen molar-refractivity contribution >= 4 is 11.7 Å². The molecule has 2 rings (SSSR count). The molecule has 98 valence electrons. The van der Waals surface area contributed by atoms with Crippen LogP contribution in [0, 0.1) is 0 Å². The molecule has 5 nitrogen and oxygen atoms in total. The second kappa shape index (κ2) is 6.33. The predicted octanol–water partition coefficient (Wildman–Crippen LogP) is 1.97. The Hall–Kier alpha value is -1.65. The molecule has 0 aromatic carbocycles. The molecule has 1 aromatic rings. The molecule has 0 spiro atoms. The fourth-order valence-electron chi connectivity index (χ4n) is 2.24. The van der Waals surface area contributed by atoms with Crippen LogP contribution in [0.15, 0.2) is 12.1 Å². The van der Waals surface area contributed by atoms with Gasteiger partial charge in [-0.1, -0.05) is 19.3 Å². The van der Waals surface area contributed by atoms with E-state index < -0.39 is 0 Å². The van der Waals surface area contributed by atoms with Gasteiger partial charge < -0.3 is 10.6 Å². The number of nitrogens with one attached hydrogen (secondary N) is 2. The van der Waals surface area contributed by atoms with Crippen LogP contribution in [0.4, 0.5) is 5.82 Å². The zero-order valence-electron chi connectivity index (χ0n) is 10.8. The van der Waals surface area contributed by atoms with Crippen LogP contribution < -0.4 is 10.6 Å². The number of carbonyl (C=O) groups excluding carboxylic acids is 1. The lowest BCUT2D eigenvalue weighted by atomic mass is 9.95. The van der Waals surface area contributed by atoms with Crippen LogP contribution in [0.5, 0.6) is 0 Å². The molecule has 1 fully saturated rings. The summed E-state index contributed by atoms with van der Waals surface area (Å²) >= 11 is 0. The number of amides is 1. The lowest BCUT2D eigenvalue weighted by Crippen LogP contribution is -2.36. The lowest BCUT2D eigenvalue weighted by molar-refractivity contribution is 0.0921. The highest BCUT2D eigenvalue weighted by Crippen LogP contribution is 2.17. The quantitative estimate of drug-likeness (QED) is 0.855. The van der Waals surface area contributed by atoms with E-state index in [-0.39, 0.29) is 5.91 Å². The average Bonchev–Trinajstić information content (AvgIpc) is 2.41. The number of hydrogen-bond donors (Lipinski definition) is 2. The Bertz CT molecular complexity index is 384. The Kier molecular flexibility index (Phi) is 4.50. The molecule has 5 heteroatoms. The molecular weight excluding hydrogens is 228 g/mol. The van der Waals surface area contributed by atoms with Crippen molar-refractivity contribution in [2.24, 2.45) is 0 Å². The van der Waals surface area contributed by atoms with E-state index in [1.807, 2.05) is 6.92 Å². The fourth-order valence-corrected chi connectivity index (χ4v) is 2.24. The van der Waals surface area contributed by atoms with Crippen LogP contribution in [-0.4, -0.2) is 28.7 Å². The number of anilines is 1. The zero-order valence-corrected chi connectivity index (χ0v) is 10.8. The van der Waals surface area contributed by atoms with Crippen molar-refractivity contribution in [1.82, 2.24) is 15.5 Å². The van der Waals surface area contributed by atoms with Gasteiger partial charge in [-0.2, -0.15) is 0 Å². The van der Waals surface area contributed by atoms with E-state index in [1.54, 1.807) is 12.1 Å². The summed E-state index contributed by atoms with van der Waals surface area (Å²) in [5, 5.41) is 14.0. The molecule has 1 amide bonds. The van der Waals surface area contributed by atoms with Gasteiger partial charge in [0.15, 0.2) is 5.69 Å². The first-order valence-electron chi connectivity index (χ1n) is 6.68. The van der Waals surface area contributed by atoms with Gasteiger partial charge in [0.2, 0.25) is 0 Å². The summed E-state index contributed by atoms with van der Waals surface area (Å²) in [6.45, 7) is 2.79. The summed E-state index contributed by atoms with van der Waals surface area (Å²) in [4.78, 5) is 11.9. The third-order valence-electron chi connectivity index (χ3n) is 3.20. The first kappa shape index (κ1) is 12.8. The molecule has 0 aliphatic heterocycles. The lowest BCUT2D eigenvalue weighted by Gasteiger charge is -2.22. The minimum Gasteiger partial charge on any atom is -0.369 e. The van der Waals surface area contributed by atoms with Gasteiger partial charge >= 0.3 is 0 Å². The van der Waals surface area contributed by atoms with Crippen LogP contribution in [0.2, 0.25) is 0 Å². The number of carbonyl (C=O) groups is 1. The molecule has 0 bridgehead atoms. The van der Waals surface area contributed by atoms with Gasteiger partial charge in [0.05, 0.1) is 0 Å². The molecule has 1 heterocycles. The van der Waals surface area contributed by atoms with Gasteiger partial charge in [-0.3, -0.25) is 4.79 Å². The third kappa shape index (κ3) is 3.42. The highest BCUT2D eigenvalue weighted by Gasteiger charge is 2.17. The van der Waals surface area contributed by atoms with Gasteiger partial charge in [0.1, 0.15) is 5.82 Å². The summed E-state index contributed by atoms with van der Waals surface area (Å²) in [7, 11) is 0. The van der Waals surface area contributed by atoms with E-state index >= 15 is 0 Å². The van der Waals surface area contributed by atoms with Crippen molar-refractivity contribution < 1.29 is 4.79 Å². The molecule has 0 radical (unpaired) electrons. The molecule has 1 aromatic heterocycles. The van der Waals surface area contributed by atoms with Crippen LogP contribution in [0.3, 0.4) is 0 Å². The van der Waals surface area contributed by atoms with Gasteiger partial charge in [0, 0.05) is 12.6 Å². The van der Waals surface area contributed by atoms with Crippen molar-refractivity contribution in [3.05, 3.63) is 17.8 Å². The first-order valence-corrected chi connectivity index (χ1v) is 6.68. The minimum absolute atomic E-state index is 0.113. The number of hydrogen-bond acceptors (Lipinski definition) is 4. The van der Waals surface area contributed by atoms with E-state index in [4.69, 9.17) is 0 Å². The highest BCUT2D eigenvalue weighted by atomic mass is 16.2. The third-order valence-corrected chi connectivity index (χ3v) is 3.20. The predicted molar refractivity (Wildman–Crippen MR) is 70.5 cm³/mol. The molecule has 2 N–H and O–H groups in total. The topological polar surface area (TPSA) is 66.9 Å². The van der Waals surface area contributed by atoms with E-state index in [1.165, 1.54) is 19.3 Å². The second-order valence-electron chi connectivity index (χ2n) is 4.64. The van der Waals surface area contributed by atoms with Crippen molar-refractivity contribution in [1.29, 1.82) is 0 Å². The Labute approximate surface area is 107 Å². The highest BCUT2D eigenvalue weighted by molar-refractivity contribution is 5.92. The van der Waals surface area contributed by atoms with Crippen LogP contribution in [0.1, 0.15) is 49.5 Å². The molecular formula is C13H20N4O.